The molecule has 0 amide bonds. The second kappa shape index (κ2) is 5.06. The van der Waals surface area contributed by atoms with Crippen molar-refractivity contribution in [1.29, 1.82) is 0 Å². The van der Waals surface area contributed by atoms with Crippen molar-refractivity contribution in [2.75, 3.05) is 25.1 Å². The second-order valence-corrected chi connectivity index (χ2v) is 5.27. The van der Waals surface area contributed by atoms with Gasteiger partial charge in [0.2, 0.25) is 0 Å². The topological polar surface area (TPSA) is 30.5 Å². The average molecular weight is 269 g/mol. The highest BCUT2D eigenvalue weighted by molar-refractivity contribution is 5.46. The van der Waals surface area contributed by atoms with Gasteiger partial charge in [0.15, 0.2) is 11.6 Å². The monoisotopic (exact) mass is 269 g/mol. The van der Waals surface area contributed by atoms with Crippen LogP contribution in [0.3, 0.4) is 0 Å². The van der Waals surface area contributed by atoms with E-state index in [1.807, 2.05) is 0 Å². The Kier molecular flexibility index (Phi) is 3.41. The lowest BCUT2D eigenvalue weighted by molar-refractivity contribution is -0.0829. The van der Waals surface area contributed by atoms with Gasteiger partial charge in [0.05, 0.1) is 17.9 Å². The molecule has 2 fully saturated rings. The summed E-state index contributed by atoms with van der Waals surface area (Å²) in [6, 6.07) is 4.28. The fraction of sp³-hybridized carbons (Fsp3) is 0.571. The number of nitrogens with one attached hydrogen (secondary N) is 1. The molecule has 1 spiro atoms. The molecule has 19 heavy (non-hydrogen) atoms. The maximum atomic E-state index is 13.6. The predicted octanol–water partition coefficient (Wildman–Crippen LogP) is 2.71. The summed E-state index contributed by atoms with van der Waals surface area (Å²) in [6.45, 7) is 1.93. The van der Waals surface area contributed by atoms with Crippen LogP contribution in [-0.2, 0) is 9.47 Å². The van der Waals surface area contributed by atoms with Crippen molar-refractivity contribution >= 4 is 5.69 Å². The first-order chi connectivity index (χ1) is 9.19. The second-order valence-electron chi connectivity index (χ2n) is 5.27. The van der Waals surface area contributed by atoms with Gasteiger partial charge in [-0.1, -0.05) is 6.07 Å². The fourth-order valence-corrected chi connectivity index (χ4v) is 2.85. The van der Waals surface area contributed by atoms with E-state index in [1.54, 1.807) is 6.07 Å². The summed E-state index contributed by atoms with van der Waals surface area (Å²) in [6.07, 6.45) is 2.43. The molecular weight excluding hydrogens is 252 g/mol. The van der Waals surface area contributed by atoms with Crippen molar-refractivity contribution in [3.05, 3.63) is 29.8 Å². The number of halogens is 2. The molecule has 0 saturated carbocycles. The van der Waals surface area contributed by atoms with Gasteiger partial charge in [0.25, 0.3) is 0 Å². The minimum Gasteiger partial charge on any atom is -0.380 e. The summed E-state index contributed by atoms with van der Waals surface area (Å²) < 4.78 is 38.0. The quantitative estimate of drug-likeness (QED) is 0.895. The molecule has 0 bridgehead atoms. The standard InChI is InChI=1S/C14H17F2NO2/c15-11-2-1-3-12(13(11)16)17-10-4-6-19-14(8-10)5-7-18-9-14/h1-3,10,17H,4-9H2. The first-order valence-electron chi connectivity index (χ1n) is 6.61. The maximum Gasteiger partial charge on any atom is 0.181 e. The molecular formula is C14H17F2NO2. The summed E-state index contributed by atoms with van der Waals surface area (Å²) in [4.78, 5) is 0. The summed E-state index contributed by atoms with van der Waals surface area (Å²) >= 11 is 0. The zero-order chi connectivity index (χ0) is 13.3. The normalized spacial score (nSPS) is 30.7. The van der Waals surface area contributed by atoms with Crippen LogP contribution in [0.5, 0.6) is 0 Å². The Labute approximate surface area is 110 Å². The molecule has 1 N–H and O–H groups in total. The molecule has 0 radical (unpaired) electrons. The van der Waals surface area contributed by atoms with E-state index in [2.05, 4.69) is 5.32 Å². The molecule has 2 aliphatic heterocycles. The lowest BCUT2D eigenvalue weighted by Gasteiger charge is -2.37. The van der Waals surface area contributed by atoms with Gasteiger partial charge >= 0.3 is 0 Å². The van der Waals surface area contributed by atoms with Crippen LogP contribution in [0, 0.1) is 11.6 Å². The summed E-state index contributed by atoms with van der Waals surface area (Å²) in [5.41, 5.74) is -0.0133. The van der Waals surface area contributed by atoms with Gasteiger partial charge in [-0.3, -0.25) is 0 Å². The minimum absolute atomic E-state index is 0.0896. The molecule has 2 atom stereocenters. The lowest BCUT2D eigenvalue weighted by atomic mass is 9.89. The van der Waals surface area contributed by atoms with Gasteiger partial charge < -0.3 is 14.8 Å². The summed E-state index contributed by atoms with van der Waals surface area (Å²) in [7, 11) is 0. The van der Waals surface area contributed by atoms with Crippen LogP contribution < -0.4 is 5.32 Å². The molecule has 0 aromatic heterocycles. The fourth-order valence-electron chi connectivity index (χ4n) is 2.85. The van der Waals surface area contributed by atoms with Crippen LogP contribution in [0.4, 0.5) is 14.5 Å². The lowest BCUT2D eigenvalue weighted by Crippen LogP contribution is -2.45. The molecule has 5 heteroatoms. The van der Waals surface area contributed by atoms with Gasteiger partial charge in [-0.15, -0.1) is 0 Å². The minimum atomic E-state index is -0.823. The van der Waals surface area contributed by atoms with Crippen molar-refractivity contribution in [3.63, 3.8) is 0 Å². The third-order valence-corrected chi connectivity index (χ3v) is 3.87. The number of ether oxygens (including phenoxy) is 2. The van der Waals surface area contributed by atoms with E-state index in [-0.39, 0.29) is 17.3 Å². The molecule has 1 aromatic rings. The number of benzene rings is 1. The largest absolute Gasteiger partial charge is 0.380 e. The van der Waals surface area contributed by atoms with E-state index in [0.29, 0.717) is 19.8 Å². The zero-order valence-corrected chi connectivity index (χ0v) is 10.6. The van der Waals surface area contributed by atoms with E-state index in [1.165, 1.54) is 6.07 Å². The van der Waals surface area contributed by atoms with Gasteiger partial charge in [-0.2, -0.15) is 0 Å². The van der Waals surface area contributed by atoms with Crippen molar-refractivity contribution in [2.45, 2.75) is 30.9 Å². The highest BCUT2D eigenvalue weighted by Crippen LogP contribution is 2.34. The zero-order valence-electron chi connectivity index (χ0n) is 10.6. The van der Waals surface area contributed by atoms with Gasteiger partial charge in [-0.25, -0.2) is 8.78 Å². The predicted molar refractivity (Wildman–Crippen MR) is 67.1 cm³/mol. The molecule has 1 aromatic carbocycles. The van der Waals surface area contributed by atoms with Gasteiger partial charge in [-0.05, 0) is 25.0 Å². The van der Waals surface area contributed by atoms with Crippen molar-refractivity contribution < 1.29 is 18.3 Å². The Bertz CT molecular complexity index is 461. The third kappa shape index (κ3) is 2.58. The number of hydrogen-bond acceptors (Lipinski definition) is 3. The molecule has 2 heterocycles. The van der Waals surface area contributed by atoms with Gasteiger partial charge in [0, 0.05) is 25.7 Å². The molecule has 2 unspecified atom stereocenters. The molecule has 3 rings (SSSR count). The van der Waals surface area contributed by atoms with Crippen molar-refractivity contribution in [3.8, 4) is 0 Å². The Hall–Kier alpha value is -1.20. The smallest absolute Gasteiger partial charge is 0.181 e. The van der Waals surface area contributed by atoms with E-state index >= 15 is 0 Å². The number of anilines is 1. The van der Waals surface area contributed by atoms with Crippen LogP contribution in [0.15, 0.2) is 18.2 Å². The summed E-state index contributed by atoms with van der Waals surface area (Å²) in [5.74, 6) is -1.64. The molecule has 104 valence electrons. The van der Waals surface area contributed by atoms with E-state index in [9.17, 15) is 8.78 Å². The Morgan fingerprint density at radius 3 is 2.95 bits per heavy atom. The highest BCUT2D eigenvalue weighted by Gasteiger charge is 2.41. The first-order valence-corrected chi connectivity index (χ1v) is 6.61. The average Bonchev–Trinajstić information content (AvgIpc) is 2.83. The van der Waals surface area contributed by atoms with Crippen LogP contribution in [0.1, 0.15) is 19.3 Å². The molecule has 3 nitrogen and oxygen atoms in total. The van der Waals surface area contributed by atoms with Crippen LogP contribution in [0.2, 0.25) is 0 Å². The number of hydrogen-bond donors (Lipinski definition) is 1. The van der Waals surface area contributed by atoms with Crippen molar-refractivity contribution in [2.24, 2.45) is 0 Å². The Morgan fingerprint density at radius 1 is 1.26 bits per heavy atom. The van der Waals surface area contributed by atoms with Crippen LogP contribution >= 0.6 is 0 Å². The molecule has 2 saturated heterocycles. The van der Waals surface area contributed by atoms with Crippen molar-refractivity contribution in [1.82, 2.24) is 0 Å². The highest BCUT2D eigenvalue weighted by atomic mass is 19.2. The number of rotatable bonds is 2. The molecule has 0 aliphatic carbocycles. The van der Waals surface area contributed by atoms with Crippen LogP contribution in [0.25, 0.3) is 0 Å². The Morgan fingerprint density at radius 2 is 2.16 bits per heavy atom. The van der Waals surface area contributed by atoms with E-state index < -0.39 is 11.6 Å². The van der Waals surface area contributed by atoms with E-state index in [0.717, 1.165) is 25.3 Å². The summed E-state index contributed by atoms with van der Waals surface area (Å²) in [5, 5.41) is 3.09. The SMILES string of the molecule is Fc1cccc(NC2CCOC3(CCOC3)C2)c1F. The first kappa shape index (κ1) is 12.8. The molecule has 2 aliphatic rings. The van der Waals surface area contributed by atoms with Gasteiger partial charge in [0.1, 0.15) is 0 Å². The van der Waals surface area contributed by atoms with Crippen LogP contribution in [-0.4, -0.2) is 31.5 Å². The Balaban J connectivity index is 1.71. The van der Waals surface area contributed by atoms with E-state index in [4.69, 9.17) is 9.47 Å². The third-order valence-electron chi connectivity index (χ3n) is 3.87. The maximum absolute atomic E-state index is 13.6.